The molecule has 6 nitrogen and oxygen atoms in total. The lowest BCUT2D eigenvalue weighted by molar-refractivity contribution is -0.136. The van der Waals surface area contributed by atoms with E-state index in [4.69, 9.17) is 0 Å². The molecule has 0 aliphatic carbocycles. The number of anilines is 1. The molecule has 2 saturated heterocycles. The van der Waals surface area contributed by atoms with Gasteiger partial charge in [-0.25, -0.2) is 4.98 Å². The molecule has 0 saturated carbocycles. The second kappa shape index (κ2) is 8.62. The topological polar surface area (TPSA) is 65.5 Å². The largest absolute Gasteiger partial charge is 0.341 e. The number of hydrogen-bond acceptors (Lipinski definition) is 4. The minimum absolute atomic E-state index is 0.0348. The van der Waals surface area contributed by atoms with Gasteiger partial charge >= 0.3 is 0 Å². The summed E-state index contributed by atoms with van der Waals surface area (Å²) in [6.07, 6.45) is 4.04. The summed E-state index contributed by atoms with van der Waals surface area (Å²) in [4.78, 5) is 33.7. The molecule has 142 valence electrons. The predicted octanol–water partition coefficient (Wildman–Crippen LogP) is 2.30. The lowest BCUT2D eigenvalue weighted by Gasteiger charge is -2.35. The van der Waals surface area contributed by atoms with Gasteiger partial charge in [0.2, 0.25) is 11.8 Å². The number of aromatic nitrogens is 1. The zero-order valence-electron chi connectivity index (χ0n) is 15.9. The number of pyridine rings is 1. The summed E-state index contributed by atoms with van der Waals surface area (Å²) in [6.45, 7) is 7.94. The average Bonchev–Trinajstić information content (AvgIpc) is 2.64. The number of nitrogens with zero attached hydrogens (tertiary/aromatic N) is 3. The lowest BCUT2D eigenvalue weighted by atomic mass is 9.96. The fourth-order valence-electron chi connectivity index (χ4n) is 3.77. The molecule has 0 aromatic carbocycles. The summed E-state index contributed by atoms with van der Waals surface area (Å²) < 4.78 is 0. The molecule has 0 radical (unpaired) electrons. The van der Waals surface area contributed by atoms with Crippen LogP contribution in [0, 0.1) is 18.8 Å². The van der Waals surface area contributed by atoms with E-state index >= 15 is 0 Å². The fraction of sp³-hybridized carbons (Fsp3) is 0.650. The van der Waals surface area contributed by atoms with Gasteiger partial charge in [-0.15, -0.1) is 0 Å². The number of hydrogen-bond donors (Lipinski definition) is 1. The Bertz CT molecular complexity index is 640. The molecule has 1 atom stereocenters. The van der Waals surface area contributed by atoms with Crippen LogP contribution in [0.25, 0.3) is 0 Å². The SMILES string of the molecule is Cc1cccc(NC(=O)C2CCCN(C(=O)CN3CCC(C)CC3)C2)n1. The highest BCUT2D eigenvalue weighted by Gasteiger charge is 2.29. The zero-order chi connectivity index (χ0) is 18.5. The Morgan fingerprint density at radius 3 is 2.69 bits per heavy atom. The van der Waals surface area contributed by atoms with Gasteiger partial charge < -0.3 is 10.2 Å². The number of carbonyl (C=O) groups is 2. The van der Waals surface area contributed by atoms with E-state index in [9.17, 15) is 9.59 Å². The van der Waals surface area contributed by atoms with Crippen molar-refractivity contribution < 1.29 is 9.59 Å². The number of amides is 2. The first kappa shape index (κ1) is 18.8. The second-order valence-corrected chi connectivity index (χ2v) is 7.79. The van der Waals surface area contributed by atoms with Gasteiger partial charge in [-0.3, -0.25) is 14.5 Å². The molecule has 0 bridgehead atoms. The first-order valence-electron chi connectivity index (χ1n) is 9.76. The fourth-order valence-corrected chi connectivity index (χ4v) is 3.77. The van der Waals surface area contributed by atoms with E-state index in [0.29, 0.717) is 18.9 Å². The number of nitrogens with one attached hydrogen (secondary N) is 1. The van der Waals surface area contributed by atoms with Crippen LogP contribution in [-0.4, -0.2) is 59.3 Å². The molecule has 6 heteroatoms. The Balaban J connectivity index is 1.51. The van der Waals surface area contributed by atoms with Crippen LogP contribution in [0.4, 0.5) is 5.82 Å². The normalized spacial score (nSPS) is 22.2. The molecule has 2 aliphatic rings. The van der Waals surface area contributed by atoms with E-state index in [1.165, 1.54) is 12.8 Å². The minimum Gasteiger partial charge on any atom is -0.341 e. The third-order valence-electron chi connectivity index (χ3n) is 5.52. The maximum absolute atomic E-state index is 12.7. The molecule has 2 amide bonds. The first-order chi connectivity index (χ1) is 12.5. The van der Waals surface area contributed by atoms with Crippen molar-refractivity contribution >= 4 is 17.6 Å². The van der Waals surface area contributed by atoms with Gasteiger partial charge in [-0.05, 0) is 63.7 Å². The van der Waals surface area contributed by atoms with E-state index in [1.807, 2.05) is 24.0 Å². The molecule has 1 N–H and O–H groups in total. The number of aryl methyl sites for hydroxylation is 1. The van der Waals surface area contributed by atoms with Crippen LogP contribution in [-0.2, 0) is 9.59 Å². The summed E-state index contributed by atoms with van der Waals surface area (Å²) in [5.74, 6) is 1.31. The van der Waals surface area contributed by atoms with Crippen LogP contribution in [0.2, 0.25) is 0 Å². The maximum Gasteiger partial charge on any atom is 0.236 e. The van der Waals surface area contributed by atoms with Gasteiger partial charge in [-0.2, -0.15) is 0 Å². The van der Waals surface area contributed by atoms with Crippen molar-refractivity contribution in [2.24, 2.45) is 11.8 Å². The molecule has 26 heavy (non-hydrogen) atoms. The van der Waals surface area contributed by atoms with Crippen LogP contribution in [0.5, 0.6) is 0 Å². The van der Waals surface area contributed by atoms with Gasteiger partial charge in [0, 0.05) is 18.8 Å². The molecule has 3 heterocycles. The van der Waals surface area contributed by atoms with Gasteiger partial charge in [-0.1, -0.05) is 13.0 Å². The molecular formula is C20H30N4O2. The summed E-state index contributed by atoms with van der Waals surface area (Å²) in [6, 6.07) is 5.58. The number of carbonyl (C=O) groups excluding carboxylic acids is 2. The van der Waals surface area contributed by atoms with Crippen LogP contribution >= 0.6 is 0 Å². The quantitative estimate of drug-likeness (QED) is 0.897. The maximum atomic E-state index is 12.7. The Morgan fingerprint density at radius 1 is 1.19 bits per heavy atom. The van der Waals surface area contributed by atoms with Crippen molar-refractivity contribution in [1.29, 1.82) is 0 Å². The van der Waals surface area contributed by atoms with E-state index < -0.39 is 0 Å². The Hall–Kier alpha value is -1.95. The number of likely N-dealkylation sites (tertiary alicyclic amines) is 2. The van der Waals surface area contributed by atoms with E-state index in [1.54, 1.807) is 6.07 Å². The highest BCUT2D eigenvalue weighted by atomic mass is 16.2. The monoisotopic (exact) mass is 358 g/mol. The third kappa shape index (κ3) is 5.04. The predicted molar refractivity (Wildman–Crippen MR) is 102 cm³/mol. The summed E-state index contributed by atoms with van der Waals surface area (Å²) in [5.41, 5.74) is 0.874. The first-order valence-corrected chi connectivity index (χ1v) is 9.76. The number of rotatable bonds is 4. The van der Waals surface area contributed by atoms with Crippen LogP contribution < -0.4 is 5.32 Å². The van der Waals surface area contributed by atoms with Gasteiger partial charge in [0.1, 0.15) is 5.82 Å². The highest BCUT2D eigenvalue weighted by Crippen LogP contribution is 2.20. The highest BCUT2D eigenvalue weighted by molar-refractivity contribution is 5.92. The lowest BCUT2D eigenvalue weighted by Crippen LogP contribution is -2.48. The van der Waals surface area contributed by atoms with Crippen LogP contribution in [0.1, 0.15) is 38.3 Å². The van der Waals surface area contributed by atoms with Crippen molar-refractivity contribution in [3.8, 4) is 0 Å². The van der Waals surface area contributed by atoms with E-state index in [-0.39, 0.29) is 17.7 Å². The Kier molecular flexibility index (Phi) is 6.25. The van der Waals surface area contributed by atoms with E-state index in [0.717, 1.165) is 44.1 Å². The molecule has 2 aliphatic heterocycles. The van der Waals surface area contributed by atoms with Crippen molar-refractivity contribution in [2.75, 3.05) is 38.0 Å². The smallest absolute Gasteiger partial charge is 0.236 e. The zero-order valence-corrected chi connectivity index (χ0v) is 15.9. The molecular weight excluding hydrogens is 328 g/mol. The molecule has 2 fully saturated rings. The summed E-state index contributed by atoms with van der Waals surface area (Å²) in [5, 5.41) is 2.90. The van der Waals surface area contributed by atoms with Crippen LogP contribution in [0.3, 0.4) is 0 Å². The molecule has 1 aromatic rings. The molecule has 3 rings (SSSR count). The standard InChI is InChI=1S/C20H30N4O2/c1-15-8-11-23(12-9-15)14-19(25)24-10-4-6-17(13-24)20(26)22-18-7-3-5-16(2)21-18/h3,5,7,15,17H,4,6,8-14H2,1-2H3,(H,21,22,26). The molecule has 1 unspecified atom stereocenters. The van der Waals surface area contributed by atoms with Crippen molar-refractivity contribution in [2.45, 2.75) is 39.5 Å². The summed E-state index contributed by atoms with van der Waals surface area (Å²) >= 11 is 0. The summed E-state index contributed by atoms with van der Waals surface area (Å²) in [7, 11) is 0. The van der Waals surface area contributed by atoms with Crippen molar-refractivity contribution in [3.05, 3.63) is 23.9 Å². The minimum atomic E-state index is -0.156. The third-order valence-corrected chi connectivity index (χ3v) is 5.52. The number of piperidine rings is 2. The Morgan fingerprint density at radius 2 is 1.96 bits per heavy atom. The Labute approximate surface area is 156 Å². The van der Waals surface area contributed by atoms with Gasteiger partial charge in [0.15, 0.2) is 0 Å². The van der Waals surface area contributed by atoms with Gasteiger partial charge in [0.05, 0.1) is 12.5 Å². The van der Waals surface area contributed by atoms with E-state index in [2.05, 4.69) is 22.1 Å². The van der Waals surface area contributed by atoms with Crippen molar-refractivity contribution in [1.82, 2.24) is 14.8 Å². The molecule has 0 spiro atoms. The average molecular weight is 358 g/mol. The van der Waals surface area contributed by atoms with Crippen molar-refractivity contribution in [3.63, 3.8) is 0 Å². The molecule has 1 aromatic heterocycles. The van der Waals surface area contributed by atoms with Gasteiger partial charge in [0.25, 0.3) is 0 Å². The van der Waals surface area contributed by atoms with Crippen LogP contribution in [0.15, 0.2) is 18.2 Å². The second-order valence-electron chi connectivity index (χ2n) is 7.79.